The van der Waals surface area contributed by atoms with Crippen LogP contribution in [-0.4, -0.2) is 39.9 Å². The molecule has 0 bridgehead atoms. The van der Waals surface area contributed by atoms with Gasteiger partial charge in [-0.3, -0.25) is 0 Å². The highest BCUT2D eigenvalue weighted by atomic mass is 16.5. The summed E-state index contributed by atoms with van der Waals surface area (Å²) in [4.78, 5) is 23.7. The molecule has 0 aromatic heterocycles. The molecular formula is C13H16O6. The number of hydrogen-bond acceptors (Lipinski definition) is 6. The minimum absolute atomic E-state index is 0.0250. The van der Waals surface area contributed by atoms with Crippen molar-refractivity contribution in [2.75, 3.05) is 27.9 Å². The van der Waals surface area contributed by atoms with Gasteiger partial charge in [-0.15, -0.1) is 0 Å². The number of ether oxygens (including phenoxy) is 4. The van der Waals surface area contributed by atoms with Crippen molar-refractivity contribution >= 4 is 11.9 Å². The molecule has 1 aromatic carbocycles. The highest BCUT2D eigenvalue weighted by molar-refractivity contribution is 6.05. The third-order valence-electron chi connectivity index (χ3n) is 2.42. The average molecular weight is 268 g/mol. The summed E-state index contributed by atoms with van der Waals surface area (Å²) >= 11 is 0. The Morgan fingerprint density at radius 2 is 1.74 bits per heavy atom. The van der Waals surface area contributed by atoms with Crippen LogP contribution in [0, 0.1) is 0 Å². The second-order valence-electron chi connectivity index (χ2n) is 3.46. The molecule has 104 valence electrons. The van der Waals surface area contributed by atoms with Crippen LogP contribution in [0.25, 0.3) is 0 Å². The van der Waals surface area contributed by atoms with Gasteiger partial charge in [-0.05, 0) is 13.0 Å². The average Bonchev–Trinajstić information content (AvgIpc) is 2.44. The summed E-state index contributed by atoms with van der Waals surface area (Å²) in [7, 11) is 4.06. The summed E-state index contributed by atoms with van der Waals surface area (Å²) in [6.45, 7) is 1.86. The number of carbonyl (C=O) groups is 2. The molecule has 0 N–H and O–H groups in total. The lowest BCUT2D eigenvalue weighted by atomic mass is 10.1. The van der Waals surface area contributed by atoms with Gasteiger partial charge in [0.05, 0.1) is 33.5 Å². The zero-order chi connectivity index (χ0) is 14.4. The Morgan fingerprint density at radius 3 is 2.21 bits per heavy atom. The van der Waals surface area contributed by atoms with E-state index >= 15 is 0 Å². The number of rotatable bonds is 5. The molecule has 6 nitrogen and oxygen atoms in total. The lowest BCUT2D eigenvalue weighted by Gasteiger charge is -2.13. The van der Waals surface area contributed by atoms with Gasteiger partial charge in [-0.25, -0.2) is 9.59 Å². The van der Waals surface area contributed by atoms with Crippen molar-refractivity contribution in [3.8, 4) is 11.5 Å². The lowest BCUT2D eigenvalue weighted by molar-refractivity contribution is 0.0500. The number of methoxy groups -OCH3 is 3. The molecule has 1 rings (SSSR count). The van der Waals surface area contributed by atoms with Crippen LogP contribution >= 0.6 is 0 Å². The molecule has 0 spiro atoms. The summed E-state index contributed by atoms with van der Waals surface area (Å²) in [5.41, 5.74) is 0.0640. The lowest BCUT2D eigenvalue weighted by Crippen LogP contribution is -2.15. The van der Waals surface area contributed by atoms with Gasteiger partial charge < -0.3 is 18.9 Å². The monoisotopic (exact) mass is 268 g/mol. The maximum Gasteiger partial charge on any atom is 0.342 e. The van der Waals surface area contributed by atoms with Gasteiger partial charge in [-0.2, -0.15) is 0 Å². The van der Waals surface area contributed by atoms with Crippen molar-refractivity contribution < 1.29 is 28.5 Å². The predicted molar refractivity (Wildman–Crippen MR) is 66.8 cm³/mol. The first kappa shape index (κ1) is 14.8. The quantitative estimate of drug-likeness (QED) is 0.756. The van der Waals surface area contributed by atoms with Crippen LogP contribution in [0.15, 0.2) is 12.1 Å². The molecule has 0 unspecified atom stereocenters. The second-order valence-corrected chi connectivity index (χ2v) is 3.46. The van der Waals surface area contributed by atoms with Gasteiger partial charge in [0, 0.05) is 6.07 Å². The van der Waals surface area contributed by atoms with Gasteiger partial charge >= 0.3 is 11.9 Å². The molecule has 1 aromatic rings. The minimum atomic E-state index is -0.666. The minimum Gasteiger partial charge on any atom is -0.497 e. The van der Waals surface area contributed by atoms with Crippen LogP contribution < -0.4 is 9.47 Å². The molecule has 0 fully saturated rings. The number of carbonyl (C=O) groups excluding carboxylic acids is 2. The topological polar surface area (TPSA) is 71.1 Å². The Hall–Kier alpha value is -2.24. The molecule has 0 amide bonds. The highest BCUT2D eigenvalue weighted by Gasteiger charge is 2.25. The molecule has 0 aliphatic heterocycles. The van der Waals surface area contributed by atoms with E-state index in [1.54, 1.807) is 6.92 Å². The molecule has 19 heavy (non-hydrogen) atoms. The summed E-state index contributed by atoms with van der Waals surface area (Å²) in [6, 6.07) is 2.90. The summed E-state index contributed by atoms with van der Waals surface area (Å²) in [5, 5.41) is 0. The molecule has 0 saturated carbocycles. The van der Waals surface area contributed by atoms with E-state index in [-0.39, 0.29) is 23.5 Å². The Bertz CT molecular complexity index is 480. The highest BCUT2D eigenvalue weighted by Crippen LogP contribution is 2.30. The number of benzene rings is 1. The van der Waals surface area contributed by atoms with E-state index in [1.165, 1.54) is 33.5 Å². The van der Waals surface area contributed by atoms with Crippen molar-refractivity contribution in [3.05, 3.63) is 23.3 Å². The van der Waals surface area contributed by atoms with Crippen LogP contribution in [0.2, 0.25) is 0 Å². The smallest absolute Gasteiger partial charge is 0.342 e. The first-order chi connectivity index (χ1) is 9.08. The van der Waals surface area contributed by atoms with E-state index in [9.17, 15) is 9.59 Å². The van der Waals surface area contributed by atoms with Crippen LogP contribution in [0.1, 0.15) is 27.6 Å². The summed E-state index contributed by atoms with van der Waals surface area (Å²) < 4.78 is 19.7. The van der Waals surface area contributed by atoms with Crippen molar-refractivity contribution in [1.82, 2.24) is 0 Å². The van der Waals surface area contributed by atoms with Crippen molar-refractivity contribution in [2.24, 2.45) is 0 Å². The van der Waals surface area contributed by atoms with Crippen molar-refractivity contribution in [1.29, 1.82) is 0 Å². The first-order valence-electron chi connectivity index (χ1n) is 5.60. The van der Waals surface area contributed by atoms with Crippen LogP contribution in [0.3, 0.4) is 0 Å². The molecule has 6 heteroatoms. The summed E-state index contributed by atoms with van der Waals surface area (Å²) in [6.07, 6.45) is 0. The van der Waals surface area contributed by atoms with Crippen LogP contribution in [-0.2, 0) is 9.47 Å². The van der Waals surface area contributed by atoms with Gasteiger partial charge in [0.15, 0.2) is 0 Å². The predicted octanol–water partition coefficient (Wildman–Crippen LogP) is 1.67. The molecule has 0 radical (unpaired) electrons. The molecule has 0 saturated heterocycles. The van der Waals surface area contributed by atoms with E-state index < -0.39 is 11.9 Å². The fraction of sp³-hybridized carbons (Fsp3) is 0.385. The first-order valence-corrected chi connectivity index (χ1v) is 5.60. The molecule has 0 atom stereocenters. The fourth-order valence-electron chi connectivity index (χ4n) is 1.55. The Morgan fingerprint density at radius 1 is 1.05 bits per heavy atom. The Labute approximate surface area is 111 Å². The zero-order valence-electron chi connectivity index (χ0n) is 11.3. The van der Waals surface area contributed by atoms with E-state index in [4.69, 9.17) is 14.2 Å². The maximum absolute atomic E-state index is 11.9. The molecule has 0 aliphatic carbocycles. The van der Waals surface area contributed by atoms with Gasteiger partial charge in [0.2, 0.25) is 0 Å². The normalized spacial score (nSPS) is 9.68. The third kappa shape index (κ3) is 3.15. The van der Waals surface area contributed by atoms with Crippen molar-refractivity contribution in [2.45, 2.75) is 6.92 Å². The van der Waals surface area contributed by atoms with E-state index in [0.717, 1.165) is 0 Å². The molecular weight excluding hydrogens is 252 g/mol. The Balaban J connectivity index is 3.45. The van der Waals surface area contributed by atoms with Crippen LogP contribution in [0.5, 0.6) is 11.5 Å². The third-order valence-corrected chi connectivity index (χ3v) is 2.42. The zero-order valence-corrected chi connectivity index (χ0v) is 11.3. The molecule has 0 aliphatic rings. The molecule has 0 heterocycles. The number of hydrogen-bond donors (Lipinski definition) is 0. The second kappa shape index (κ2) is 6.63. The largest absolute Gasteiger partial charge is 0.497 e. The van der Waals surface area contributed by atoms with Crippen molar-refractivity contribution in [3.63, 3.8) is 0 Å². The van der Waals surface area contributed by atoms with Gasteiger partial charge in [0.25, 0.3) is 0 Å². The van der Waals surface area contributed by atoms with E-state index in [2.05, 4.69) is 4.74 Å². The summed E-state index contributed by atoms with van der Waals surface area (Å²) in [5.74, 6) is -0.744. The van der Waals surface area contributed by atoms with Gasteiger partial charge in [0.1, 0.15) is 17.1 Å². The fourth-order valence-corrected chi connectivity index (χ4v) is 1.55. The number of esters is 2. The Kier molecular flexibility index (Phi) is 5.17. The maximum atomic E-state index is 11.9. The van der Waals surface area contributed by atoms with E-state index in [1.807, 2.05) is 0 Å². The van der Waals surface area contributed by atoms with Gasteiger partial charge in [-0.1, -0.05) is 0 Å². The van der Waals surface area contributed by atoms with Crippen LogP contribution in [0.4, 0.5) is 0 Å². The SMILES string of the molecule is CCOC(=O)c1c(OC)cc(OC)cc1C(=O)OC. The standard InChI is InChI=1S/C13H16O6/c1-5-19-13(15)11-9(12(14)18-4)6-8(16-2)7-10(11)17-3/h6-7H,5H2,1-4H3. The van der Waals surface area contributed by atoms with E-state index in [0.29, 0.717) is 5.75 Å².